The Kier molecular flexibility index (Phi) is 5.95. The summed E-state index contributed by atoms with van der Waals surface area (Å²) in [7, 11) is 0. The van der Waals surface area contributed by atoms with Crippen molar-refractivity contribution in [3.63, 3.8) is 0 Å². The van der Waals surface area contributed by atoms with Gasteiger partial charge >= 0.3 is 5.97 Å². The first kappa shape index (κ1) is 17.5. The van der Waals surface area contributed by atoms with Gasteiger partial charge in [0, 0.05) is 11.3 Å². The van der Waals surface area contributed by atoms with Crippen molar-refractivity contribution in [1.29, 1.82) is 0 Å². The van der Waals surface area contributed by atoms with Crippen LogP contribution in [-0.4, -0.2) is 23.1 Å². The van der Waals surface area contributed by atoms with Gasteiger partial charge in [0.25, 0.3) is 0 Å². The number of rotatable bonds is 7. The second kappa shape index (κ2) is 8.15. The van der Waals surface area contributed by atoms with E-state index in [2.05, 4.69) is 5.32 Å². The highest BCUT2D eigenvalue weighted by Crippen LogP contribution is 2.20. The van der Waals surface area contributed by atoms with E-state index in [0.29, 0.717) is 17.0 Å². The fourth-order valence-corrected chi connectivity index (χ4v) is 2.28. The number of aliphatic carboxylic acids is 1. The average Bonchev–Trinajstić information content (AvgIpc) is 2.50. The monoisotopic (exact) mass is 327 g/mol. The summed E-state index contributed by atoms with van der Waals surface area (Å²) in [6.45, 7) is 3.88. The lowest BCUT2D eigenvalue weighted by molar-refractivity contribution is -0.136. The van der Waals surface area contributed by atoms with Gasteiger partial charge in [-0.3, -0.25) is 9.59 Å². The van der Waals surface area contributed by atoms with E-state index >= 15 is 0 Å². The van der Waals surface area contributed by atoms with E-state index in [1.54, 1.807) is 24.3 Å². The molecule has 0 atom stereocenters. The van der Waals surface area contributed by atoms with E-state index in [-0.39, 0.29) is 24.9 Å². The predicted octanol–water partition coefficient (Wildman–Crippen LogP) is 3.28. The molecule has 0 radical (unpaired) electrons. The molecule has 0 aliphatic rings. The molecule has 0 fully saturated rings. The number of carboxylic acids is 1. The van der Waals surface area contributed by atoms with Crippen molar-refractivity contribution < 1.29 is 19.4 Å². The first-order chi connectivity index (χ1) is 11.4. The fraction of sp³-hybridized carbons (Fsp3) is 0.263. The molecule has 0 saturated heterocycles. The molecule has 0 aliphatic carbocycles. The summed E-state index contributed by atoms with van der Waals surface area (Å²) in [5.74, 6) is -0.325. The maximum atomic E-state index is 12.2. The maximum absolute atomic E-state index is 12.2. The van der Waals surface area contributed by atoms with Crippen molar-refractivity contribution in [2.45, 2.75) is 32.8 Å². The maximum Gasteiger partial charge on any atom is 0.307 e. The fourth-order valence-electron chi connectivity index (χ4n) is 2.28. The predicted molar refractivity (Wildman–Crippen MR) is 92.3 cm³/mol. The van der Waals surface area contributed by atoms with Crippen molar-refractivity contribution in [2.24, 2.45) is 0 Å². The molecular weight excluding hydrogens is 306 g/mol. The lowest BCUT2D eigenvalue weighted by atomic mass is 10.1. The van der Waals surface area contributed by atoms with Crippen molar-refractivity contribution in [3.8, 4) is 5.75 Å². The highest BCUT2D eigenvalue weighted by atomic mass is 16.5. The quantitative estimate of drug-likeness (QED) is 0.818. The zero-order valence-electron chi connectivity index (χ0n) is 13.8. The molecule has 1 amide bonds. The summed E-state index contributed by atoms with van der Waals surface area (Å²) in [5.41, 5.74) is 2.15. The van der Waals surface area contributed by atoms with Gasteiger partial charge in [0.1, 0.15) is 5.75 Å². The van der Waals surface area contributed by atoms with Crippen LogP contribution in [0.2, 0.25) is 0 Å². The van der Waals surface area contributed by atoms with Gasteiger partial charge in [0.2, 0.25) is 5.91 Å². The van der Waals surface area contributed by atoms with E-state index in [1.807, 2.05) is 38.1 Å². The van der Waals surface area contributed by atoms with E-state index in [4.69, 9.17) is 9.84 Å². The topological polar surface area (TPSA) is 75.6 Å². The number of benzene rings is 2. The van der Waals surface area contributed by atoms with Crippen LogP contribution in [0.1, 0.15) is 25.0 Å². The standard InChI is InChI=1S/C19H21NO4/c1-13(2)24-17-6-4-3-5-15(17)12-18(21)20-16-9-7-14(8-10-16)11-19(22)23/h3-10,13H,11-12H2,1-2H3,(H,20,21)(H,22,23). The summed E-state index contributed by atoms with van der Waals surface area (Å²) in [4.78, 5) is 22.9. The molecule has 2 N–H and O–H groups in total. The van der Waals surface area contributed by atoms with Gasteiger partial charge in [-0.1, -0.05) is 30.3 Å². The number of hydrogen-bond donors (Lipinski definition) is 2. The van der Waals surface area contributed by atoms with Gasteiger partial charge < -0.3 is 15.2 Å². The molecule has 0 saturated carbocycles. The minimum Gasteiger partial charge on any atom is -0.491 e. The number of nitrogens with one attached hydrogen (secondary N) is 1. The molecule has 2 rings (SSSR count). The first-order valence-electron chi connectivity index (χ1n) is 7.79. The van der Waals surface area contributed by atoms with Gasteiger partial charge in [0.15, 0.2) is 0 Å². The van der Waals surface area contributed by atoms with Crippen LogP contribution in [0.25, 0.3) is 0 Å². The Morgan fingerprint density at radius 2 is 1.71 bits per heavy atom. The second-order valence-corrected chi connectivity index (χ2v) is 5.77. The molecule has 5 nitrogen and oxygen atoms in total. The largest absolute Gasteiger partial charge is 0.491 e. The molecule has 0 spiro atoms. The minimum atomic E-state index is -0.881. The van der Waals surface area contributed by atoms with Gasteiger partial charge in [0.05, 0.1) is 18.9 Å². The average molecular weight is 327 g/mol. The Morgan fingerprint density at radius 1 is 1.04 bits per heavy atom. The number of carboxylic acid groups (broad SMARTS) is 1. The lowest BCUT2D eigenvalue weighted by Crippen LogP contribution is -2.16. The summed E-state index contributed by atoms with van der Waals surface area (Å²) >= 11 is 0. The number of hydrogen-bond acceptors (Lipinski definition) is 3. The molecule has 126 valence electrons. The SMILES string of the molecule is CC(C)Oc1ccccc1CC(=O)Nc1ccc(CC(=O)O)cc1. The third-order valence-electron chi connectivity index (χ3n) is 3.28. The third kappa shape index (κ3) is 5.43. The molecule has 2 aromatic carbocycles. The molecule has 0 aromatic heterocycles. The first-order valence-corrected chi connectivity index (χ1v) is 7.79. The van der Waals surface area contributed by atoms with Crippen LogP contribution in [-0.2, 0) is 22.4 Å². The van der Waals surface area contributed by atoms with Crippen molar-refractivity contribution in [3.05, 3.63) is 59.7 Å². The zero-order chi connectivity index (χ0) is 17.5. The highest BCUT2D eigenvalue weighted by molar-refractivity contribution is 5.92. The van der Waals surface area contributed by atoms with Crippen molar-refractivity contribution in [1.82, 2.24) is 0 Å². The van der Waals surface area contributed by atoms with Crippen molar-refractivity contribution in [2.75, 3.05) is 5.32 Å². The molecule has 0 unspecified atom stereocenters. The van der Waals surface area contributed by atoms with E-state index in [0.717, 1.165) is 5.56 Å². The number of carbonyl (C=O) groups is 2. The Bertz CT molecular complexity index is 708. The number of anilines is 1. The van der Waals surface area contributed by atoms with Crippen LogP contribution in [0, 0.1) is 0 Å². The minimum absolute atomic E-state index is 0.0336. The lowest BCUT2D eigenvalue weighted by Gasteiger charge is -2.14. The smallest absolute Gasteiger partial charge is 0.307 e. The van der Waals surface area contributed by atoms with Gasteiger partial charge in [-0.05, 0) is 37.6 Å². The second-order valence-electron chi connectivity index (χ2n) is 5.77. The van der Waals surface area contributed by atoms with Crippen LogP contribution in [0.3, 0.4) is 0 Å². The van der Waals surface area contributed by atoms with Crippen LogP contribution >= 0.6 is 0 Å². The van der Waals surface area contributed by atoms with E-state index in [1.165, 1.54) is 0 Å². The molecule has 0 aliphatic heterocycles. The zero-order valence-corrected chi connectivity index (χ0v) is 13.8. The number of carbonyl (C=O) groups excluding carboxylic acids is 1. The summed E-state index contributed by atoms with van der Waals surface area (Å²) in [6.07, 6.45) is 0.212. The van der Waals surface area contributed by atoms with Crippen molar-refractivity contribution >= 4 is 17.6 Å². The molecule has 0 bridgehead atoms. The van der Waals surface area contributed by atoms with Crippen LogP contribution in [0.4, 0.5) is 5.69 Å². The van der Waals surface area contributed by atoms with Crippen LogP contribution in [0.5, 0.6) is 5.75 Å². The van der Waals surface area contributed by atoms with E-state index in [9.17, 15) is 9.59 Å². The molecular formula is C19H21NO4. The molecule has 2 aromatic rings. The Hall–Kier alpha value is -2.82. The molecule has 5 heteroatoms. The normalized spacial score (nSPS) is 10.5. The third-order valence-corrected chi connectivity index (χ3v) is 3.28. The number of amides is 1. The Balaban J connectivity index is 1.99. The van der Waals surface area contributed by atoms with Gasteiger partial charge in [-0.15, -0.1) is 0 Å². The molecule has 24 heavy (non-hydrogen) atoms. The molecule has 0 heterocycles. The van der Waals surface area contributed by atoms with Gasteiger partial charge in [-0.2, -0.15) is 0 Å². The van der Waals surface area contributed by atoms with Crippen LogP contribution < -0.4 is 10.1 Å². The van der Waals surface area contributed by atoms with Crippen LogP contribution in [0.15, 0.2) is 48.5 Å². The summed E-state index contributed by atoms with van der Waals surface area (Å²) in [5, 5.41) is 11.6. The Labute approximate surface area is 141 Å². The summed E-state index contributed by atoms with van der Waals surface area (Å²) in [6, 6.07) is 14.3. The summed E-state index contributed by atoms with van der Waals surface area (Å²) < 4.78 is 5.71. The van der Waals surface area contributed by atoms with E-state index < -0.39 is 5.97 Å². The highest BCUT2D eigenvalue weighted by Gasteiger charge is 2.10. The number of para-hydroxylation sites is 1. The van der Waals surface area contributed by atoms with Gasteiger partial charge in [-0.25, -0.2) is 0 Å². The Morgan fingerprint density at radius 3 is 2.33 bits per heavy atom. The number of ether oxygens (including phenoxy) is 1.